The average molecular weight is 315 g/mol. The molecule has 0 aliphatic heterocycles. The van der Waals surface area contributed by atoms with E-state index in [1.165, 1.54) is 12.1 Å². The third-order valence-corrected chi connectivity index (χ3v) is 4.35. The highest BCUT2D eigenvalue weighted by Crippen LogP contribution is 2.18. The number of halogens is 1. The Balaban J connectivity index is 1.76. The zero-order valence-electron chi connectivity index (χ0n) is 13.7. The van der Waals surface area contributed by atoms with Gasteiger partial charge >= 0.3 is 0 Å². The van der Waals surface area contributed by atoms with Crippen LogP contribution in [0.25, 0.3) is 11.0 Å². The van der Waals surface area contributed by atoms with Crippen molar-refractivity contribution >= 4 is 11.0 Å². The Morgan fingerprint density at radius 1 is 1.30 bits per heavy atom. The molecule has 2 atom stereocenters. The zero-order valence-corrected chi connectivity index (χ0v) is 13.7. The highest BCUT2D eigenvalue weighted by Gasteiger charge is 2.16. The fourth-order valence-corrected chi connectivity index (χ4v) is 2.81. The van der Waals surface area contributed by atoms with Crippen LogP contribution in [0, 0.1) is 5.82 Å². The van der Waals surface area contributed by atoms with Crippen molar-refractivity contribution in [2.24, 2.45) is 0 Å². The molecule has 0 saturated carbocycles. The Labute approximate surface area is 135 Å². The first-order valence-electron chi connectivity index (χ1n) is 7.97. The van der Waals surface area contributed by atoms with Gasteiger partial charge in [-0.1, -0.05) is 0 Å². The lowest BCUT2D eigenvalue weighted by Gasteiger charge is -2.21. The van der Waals surface area contributed by atoms with Gasteiger partial charge in [-0.3, -0.25) is 4.68 Å². The van der Waals surface area contributed by atoms with Crippen LogP contribution in [0.4, 0.5) is 4.39 Å². The van der Waals surface area contributed by atoms with Crippen LogP contribution >= 0.6 is 0 Å². The maximum absolute atomic E-state index is 13.4. The predicted octanol–water partition coefficient (Wildman–Crippen LogP) is 3.13. The van der Waals surface area contributed by atoms with E-state index in [0.717, 1.165) is 17.9 Å². The van der Waals surface area contributed by atoms with E-state index in [-0.39, 0.29) is 17.9 Å². The monoisotopic (exact) mass is 315 g/mol. The van der Waals surface area contributed by atoms with Gasteiger partial charge < -0.3 is 9.88 Å². The standard InChI is InChI=1S/C17H22FN5/c1-4-22-16-7-6-14(18)10-15(16)21-17(22)11-19-12(2)13(3)23-9-5-8-20-23/h5-10,12-13,19H,4,11H2,1-3H3/t12-,13+/m0/s1. The molecule has 0 radical (unpaired) electrons. The van der Waals surface area contributed by atoms with Gasteiger partial charge in [0.15, 0.2) is 0 Å². The summed E-state index contributed by atoms with van der Waals surface area (Å²) in [6, 6.07) is 7.16. The molecular formula is C17H22FN5. The summed E-state index contributed by atoms with van der Waals surface area (Å²) in [5, 5.41) is 7.78. The number of benzene rings is 1. The van der Waals surface area contributed by atoms with Crippen LogP contribution in [0.15, 0.2) is 36.7 Å². The van der Waals surface area contributed by atoms with E-state index in [4.69, 9.17) is 0 Å². The van der Waals surface area contributed by atoms with Gasteiger partial charge in [-0.2, -0.15) is 5.10 Å². The smallest absolute Gasteiger partial charge is 0.125 e. The Kier molecular flexibility index (Phi) is 4.43. The maximum atomic E-state index is 13.4. The fourth-order valence-electron chi connectivity index (χ4n) is 2.81. The van der Waals surface area contributed by atoms with Gasteiger partial charge in [0.1, 0.15) is 11.6 Å². The number of imidazole rings is 1. The molecule has 3 aromatic rings. The number of nitrogens with zero attached hydrogens (tertiary/aromatic N) is 4. The molecule has 1 N–H and O–H groups in total. The second-order valence-electron chi connectivity index (χ2n) is 5.80. The van der Waals surface area contributed by atoms with Crippen LogP contribution in [0.3, 0.4) is 0 Å². The van der Waals surface area contributed by atoms with Crippen LogP contribution in [-0.2, 0) is 13.1 Å². The van der Waals surface area contributed by atoms with Gasteiger partial charge in [-0.15, -0.1) is 0 Å². The predicted molar refractivity (Wildman–Crippen MR) is 88.6 cm³/mol. The molecule has 0 fully saturated rings. The molecule has 23 heavy (non-hydrogen) atoms. The van der Waals surface area contributed by atoms with Crippen molar-refractivity contribution in [3.05, 3.63) is 48.3 Å². The SMILES string of the molecule is CCn1c(CN[C@@H](C)[C@@H](C)n2cccn2)nc2cc(F)ccc21. The van der Waals surface area contributed by atoms with Crippen molar-refractivity contribution in [3.8, 4) is 0 Å². The normalized spacial score (nSPS) is 14.3. The summed E-state index contributed by atoms with van der Waals surface area (Å²) in [4.78, 5) is 4.58. The Morgan fingerprint density at radius 3 is 2.83 bits per heavy atom. The summed E-state index contributed by atoms with van der Waals surface area (Å²) in [7, 11) is 0. The van der Waals surface area contributed by atoms with Crippen molar-refractivity contribution in [1.82, 2.24) is 24.6 Å². The van der Waals surface area contributed by atoms with Crippen LogP contribution in [0.5, 0.6) is 0 Å². The first kappa shape index (κ1) is 15.7. The zero-order chi connectivity index (χ0) is 16.4. The van der Waals surface area contributed by atoms with Gasteiger partial charge in [0.25, 0.3) is 0 Å². The molecule has 0 saturated heterocycles. The second-order valence-corrected chi connectivity index (χ2v) is 5.80. The molecule has 5 nitrogen and oxygen atoms in total. The molecule has 6 heteroatoms. The number of aromatic nitrogens is 4. The molecule has 2 aromatic heterocycles. The molecule has 0 aliphatic carbocycles. The highest BCUT2D eigenvalue weighted by molar-refractivity contribution is 5.76. The van der Waals surface area contributed by atoms with Crippen molar-refractivity contribution in [1.29, 1.82) is 0 Å². The van der Waals surface area contributed by atoms with Crippen molar-refractivity contribution in [2.45, 2.75) is 45.9 Å². The third kappa shape index (κ3) is 3.12. The summed E-state index contributed by atoms with van der Waals surface area (Å²) >= 11 is 0. The molecule has 0 aliphatic rings. The molecule has 0 bridgehead atoms. The second kappa shape index (κ2) is 6.50. The quantitative estimate of drug-likeness (QED) is 0.760. The lowest BCUT2D eigenvalue weighted by Crippen LogP contribution is -2.34. The van der Waals surface area contributed by atoms with E-state index in [0.29, 0.717) is 12.1 Å². The van der Waals surface area contributed by atoms with Crippen molar-refractivity contribution in [3.63, 3.8) is 0 Å². The fraction of sp³-hybridized carbons (Fsp3) is 0.412. The third-order valence-electron chi connectivity index (χ3n) is 4.35. The number of nitrogens with one attached hydrogen (secondary N) is 1. The average Bonchev–Trinajstić information content (AvgIpc) is 3.18. The molecule has 0 amide bonds. The van der Waals surface area contributed by atoms with Gasteiger partial charge in [0.05, 0.1) is 23.6 Å². The van der Waals surface area contributed by atoms with Crippen LogP contribution in [-0.4, -0.2) is 25.4 Å². The van der Waals surface area contributed by atoms with Gasteiger partial charge in [-0.25, -0.2) is 9.37 Å². The van der Waals surface area contributed by atoms with Crippen LogP contribution < -0.4 is 5.32 Å². The lowest BCUT2D eigenvalue weighted by atomic mass is 10.2. The van der Waals surface area contributed by atoms with E-state index in [2.05, 4.69) is 40.7 Å². The minimum Gasteiger partial charge on any atom is -0.327 e. The first-order valence-corrected chi connectivity index (χ1v) is 7.97. The summed E-state index contributed by atoms with van der Waals surface area (Å²) < 4.78 is 17.4. The van der Waals surface area contributed by atoms with Crippen molar-refractivity contribution in [2.75, 3.05) is 0 Å². The molecule has 0 spiro atoms. The Hall–Kier alpha value is -2.21. The minimum absolute atomic E-state index is 0.233. The van der Waals surface area contributed by atoms with Crippen LogP contribution in [0.1, 0.15) is 32.6 Å². The van der Waals surface area contributed by atoms with E-state index in [9.17, 15) is 4.39 Å². The maximum Gasteiger partial charge on any atom is 0.125 e. The number of hydrogen-bond acceptors (Lipinski definition) is 3. The summed E-state index contributed by atoms with van der Waals surface area (Å²) in [6.07, 6.45) is 3.75. The van der Waals surface area contributed by atoms with E-state index >= 15 is 0 Å². The van der Waals surface area contributed by atoms with Gasteiger partial charge in [0, 0.05) is 31.0 Å². The highest BCUT2D eigenvalue weighted by atomic mass is 19.1. The molecule has 122 valence electrons. The lowest BCUT2D eigenvalue weighted by molar-refractivity contribution is 0.360. The molecule has 3 rings (SSSR count). The Bertz CT molecular complexity index is 778. The molecule has 2 heterocycles. The van der Waals surface area contributed by atoms with Gasteiger partial charge in [-0.05, 0) is 39.0 Å². The van der Waals surface area contributed by atoms with E-state index < -0.39 is 0 Å². The number of fused-ring (bicyclic) bond motifs is 1. The largest absolute Gasteiger partial charge is 0.327 e. The molecule has 1 aromatic carbocycles. The molecule has 0 unspecified atom stereocenters. The Morgan fingerprint density at radius 2 is 2.13 bits per heavy atom. The minimum atomic E-state index is -0.251. The number of rotatable bonds is 6. The summed E-state index contributed by atoms with van der Waals surface area (Å²) in [5.41, 5.74) is 1.68. The molecular weight excluding hydrogens is 293 g/mol. The van der Waals surface area contributed by atoms with Gasteiger partial charge in [0.2, 0.25) is 0 Å². The summed E-state index contributed by atoms with van der Waals surface area (Å²) in [5.74, 6) is 0.672. The number of aryl methyl sites for hydroxylation is 1. The van der Waals surface area contributed by atoms with Crippen LogP contribution in [0.2, 0.25) is 0 Å². The van der Waals surface area contributed by atoms with E-state index in [1.807, 2.05) is 16.9 Å². The summed E-state index contributed by atoms with van der Waals surface area (Å²) in [6.45, 7) is 7.77. The topological polar surface area (TPSA) is 47.7 Å². The van der Waals surface area contributed by atoms with E-state index in [1.54, 1.807) is 12.3 Å². The number of hydrogen-bond donors (Lipinski definition) is 1. The first-order chi connectivity index (χ1) is 11.1. The van der Waals surface area contributed by atoms with Crippen molar-refractivity contribution < 1.29 is 4.39 Å².